The number of hydrogen-bond donors (Lipinski definition) is 2. The summed E-state index contributed by atoms with van der Waals surface area (Å²) in [5.74, 6) is -0.760. The van der Waals surface area contributed by atoms with Crippen LogP contribution in [0.15, 0.2) is 18.2 Å². The fraction of sp³-hybridized carbons (Fsp3) is 0.182. The van der Waals surface area contributed by atoms with Gasteiger partial charge in [0.1, 0.15) is 5.75 Å². The number of phenolic OH excluding ortho intramolecular Hbond substituents is 1. The molecule has 1 aromatic carbocycles. The van der Waals surface area contributed by atoms with E-state index in [1.807, 2.05) is 0 Å². The second kappa shape index (κ2) is 3.89. The van der Waals surface area contributed by atoms with Crippen molar-refractivity contribution in [1.82, 2.24) is 9.78 Å². The number of aromatic hydroxyl groups is 1. The van der Waals surface area contributed by atoms with Crippen LogP contribution < -0.4 is 5.73 Å². The van der Waals surface area contributed by atoms with Crippen LogP contribution in [0.3, 0.4) is 0 Å². The Kier molecular flexibility index (Phi) is 2.55. The predicted octanol–water partition coefficient (Wildman–Crippen LogP) is 0.430. The van der Waals surface area contributed by atoms with E-state index in [0.717, 1.165) is 0 Å². The molecule has 1 aromatic heterocycles. The second-order valence-corrected chi connectivity index (χ2v) is 3.77. The smallest absolute Gasteiger partial charge is 0.269 e. The van der Waals surface area contributed by atoms with Crippen LogP contribution in [0.5, 0.6) is 5.75 Å². The highest BCUT2D eigenvalue weighted by Gasteiger charge is 2.15. The number of amides is 1. The van der Waals surface area contributed by atoms with Gasteiger partial charge >= 0.3 is 0 Å². The zero-order valence-corrected chi connectivity index (χ0v) is 9.17. The highest BCUT2D eigenvalue weighted by molar-refractivity contribution is 6.04. The minimum atomic E-state index is -0.692. The average molecular weight is 233 g/mol. The maximum Gasteiger partial charge on any atom is 0.269 e. The molecule has 1 amide bonds. The number of fused-ring (bicyclic) bond motifs is 1. The van der Waals surface area contributed by atoms with E-state index in [0.29, 0.717) is 10.9 Å². The molecule has 0 fully saturated rings. The first-order valence-corrected chi connectivity index (χ1v) is 4.98. The van der Waals surface area contributed by atoms with Crippen molar-refractivity contribution in [1.29, 1.82) is 0 Å². The van der Waals surface area contributed by atoms with Gasteiger partial charge in [-0.3, -0.25) is 14.3 Å². The normalized spacial score (nSPS) is 10.6. The van der Waals surface area contributed by atoms with E-state index in [9.17, 15) is 14.7 Å². The molecule has 0 atom stereocenters. The van der Waals surface area contributed by atoms with Crippen molar-refractivity contribution in [2.45, 2.75) is 13.5 Å². The number of benzene rings is 1. The molecule has 0 spiro atoms. The maximum atomic E-state index is 11.2. The van der Waals surface area contributed by atoms with Crippen molar-refractivity contribution in [3.63, 3.8) is 0 Å². The lowest BCUT2D eigenvalue weighted by atomic mass is 10.2. The quantitative estimate of drug-likeness (QED) is 0.803. The van der Waals surface area contributed by atoms with Crippen LogP contribution in [0.1, 0.15) is 17.4 Å². The SMILES string of the molecule is CC(=O)Cn1nc(C(N)=O)c2cc(O)ccc21. The Hall–Kier alpha value is -2.37. The van der Waals surface area contributed by atoms with Crippen LogP contribution >= 0.6 is 0 Å². The Morgan fingerprint density at radius 3 is 2.76 bits per heavy atom. The van der Waals surface area contributed by atoms with Crippen LogP contribution in [-0.4, -0.2) is 26.6 Å². The van der Waals surface area contributed by atoms with Gasteiger partial charge in [0.2, 0.25) is 0 Å². The second-order valence-electron chi connectivity index (χ2n) is 3.77. The van der Waals surface area contributed by atoms with E-state index in [1.54, 1.807) is 6.07 Å². The lowest BCUT2D eigenvalue weighted by Gasteiger charge is -1.99. The topological polar surface area (TPSA) is 98.2 Å². The van der Waals surface area contributed by atoms with Gasteiger partial charge in [0.15, 0.2) is 11.5 Å². The van der Waals surface area contributed by atoms with Crippen LogP contribution in [0.25, 0.3) is 10.9 Å². The summed E-state index contributed by atoms with van der Waals surface area (Å²) in [7, 11) is 0. The third-order valence-electron chi connectivity index (χ3n) is 2.34. The molecule has 6 heteroatoms. The first-order chi connectivity index (χ1) is 7.99. The molecule has 0 unspecified atom stereocenters. The highest BCUT2D eigenvalue weighted by atomic mass is 16.3. The zero-order valence-electron chi connectivity index (χ0n) is 9.17. The molecule has 0 saturated carbocycles. The van der Waals surface area contributed by atoms with Gasteiger partial charge in [-0.15, -0.1) is 0 Å². The first-order valence-electron chi connectivity index (χ1n) is 4.98. The van der Waals surface area contributed by atoms with Crippen LogP contribution in [0.4, 0.5) is 0 Å². The summed E-state index contributed by atoms with van der Waals surface area (Å²) in [6.45, 7) is 1.49. The van der Waals surface area contributed by atoms with Gasteiger partial charge in [0, 0.05) is 5.39 Å². The highest BCUT2D eigenvalue weighted by Crippen LogP contribution is 2.23. The number of nitrogens with two attached hydrogens (primary N) is 1. The molecule has 17 heavy (non-hydrogen) atoms. The Morgan fingerprint density at radius 1 is 1.47 bits per heavy atom. The minimum Gasteiger partial charge on any atom is -0.508 e. The lowest BCUT2D eigenvalue weighted by molar-refractivity contribution is -0.117. The van der Waals surface area contributed by atoms with E-state index in [2.05, 4.69) is 5.10 Å². The number of hydrogen-bond acceptors (Lipinski definition) is 4. The van der Waals surface area contributed by atoms with Gasteiger partial charge in [-0.25, -0.2) is 0 Å². The van der Waals surface area contributed by atoms with Crippen molar-refractivity contribution < 1.29 is 14.7 Å². The van der Waals surface area contributed by atoms with Gasteiger partial charge in [0.05, 0.1) is 12.1 Å². The van der Waals surface area contributed by atoms with Gasteiger partial charge in [-0.05, 0) is 25.1 Å². The summed E-state index contributed by atoms with van der Waals surface area (Å²) < 4.78 is 1.40. The molecule has 3 N–H and O–H groups in total. The molecule has 0 saturated heterocycles. The molecule has 6 nitrogen and oxygen atoms in total. The van der Waals surface area contributed by atoms with Gasteiger partial charge in [0.25, 0.3) is 5.91 Å². The number of Topliss-reactive ketones (excluding diaryl/α,β-unsaturated/α-hetero) is 1. The molecule has 2 rings (SSSR count). The molecule has 0 radical (unpaired) electrons. The minimum absolute atomic E-state index is 0.0161. The monoisotopic (exact) mass is 233 g/mol. The van der Waals surface area contributed by atoms with Crippen molar-refractivity contribution in [2.75, 3.05) is 0 Å². The molecule has 0 aliphatic heterocycles. The van der Waals surface area contributed by atoms with Gasteiger partial charge < -0.3 is 10.8 Å². The molecule has 0 aliphatic rings. The molecule has 1 heterocycles. The first kappa shape index (κ1) is 11.1. The van der Waals surface area contributed by atoms with Crippen LogP contribution in [0.2, 0.25) is 0 Å². The van der Waals surface area contributed by atoms with Gasteiger partial charge in [-0.1, -0.05) is 0 Å². The third-order valence-corrected chi connectivity index (χ3v) is 2.34. The summed E-state index contributed by atoms with van der Waals surface area (Å²) >= 11 is 0. The fourth-order valence-corrected chi connectivity index (χ4v) is 1.68. The summed E-state index contributed by atoms with van der Waals surface area (Å²) in [4.78, 5) is 22.3. The molecular weight excluding hydrogens is 222 g/mol. The number of carbonyl (C=O) groups excluding carboxylic acids is 2. The Bertz CT molecular complexity index is 616. The van der Waals surface area contributed by atoms with Crippen molar-refractivity contribution in [2.24, 2.45) is 5.73 Å². The number of phenols is 1. The van der Waals surface area contributed by atoms with Crippen LogP contribution in [-0.2, 0) is 11.3 Å². The number of nitrogens with zero attached hydrogens (tertiary/aromatic N) is 2. The number of ketones is 1. The molecule has 0 bridgehead atoms. The molecular formula is C11H11N3O3. The van der Waals surface area contributed by atoms with Gasteiger partial charge in [-0.2, -0.15) is 5.10 Å². The predicted molar refractivity (Wildman–Crippen MR) is 60.6 cm³/mol. The summed E-state index contributed by atoms with van der Waals surface area (Å²) in [5.41, 5.74) is 5.84. The number of carbonyl (C=O) groups is 2. The average Bonchev–Trinajstić information content (AvgIpc) is 2.55. The number of aromatic nitrogens is 2. The van der Waals surface area contributed by atoms with E-state index in [-0.39, 0.29) is 23.8 Å². The Balaban J connectivity index is 2.70. The van der Waals surface area contributed by atoms with E-state index in [1.165, 1.54) is 23.7 Å². The van der Waals surface area contributed by atoms with Crippen molar-refractivity contribution in [3.05, 3.63) is 23.9 Å². The number of rotatable bonds is 3. The molecule has 0 aliphatic carbocycles. The lowest BCUT2D eigenvalue weighted by Crippen LogP contribution is -2.14. The van der Waals surface area contributed by atoms with Crippen molar-refractivity contribution >= 4 is 22.6 Å². The standard InChI is InChI=1S/C11H11N3O3/c1-6(15)5-14-9-3-2-7(16)4-8(9)10(13-14)11(12)17/h2-4,16H,5H2,1H3,(H2,12,17). The molecule has 2 aromatic rings. The van der Waals surface area contributed by atoms with E-state index >= 15 is 0 Å². The summed E-state index contributed by atoms with van der Waals surface area (Å²) in [6, 6.07) is 4.46. The third kappa shape index (κ3) is 1.96. The summed E-state index contributed by atoms with van der Waals surface area (Å²) in [6.07, 6.45) is 0. The Morgan fingerprint density at radius 2 is 2.18 bits per heavy atom. The Labute approximate surface area is 96.6 Å². The van der Waals surface area contributed by atoms with E-state index in [4.69, 9.17) is 5.73 Å². The van der Waals surface area contributed by atoms with E-state index < -0.39 is 5.91 Å². The number of primary amides is 1. The zero-order chi connectivity index (χ0) is 12.6. The fourth-order valence-electron chi connectivity index (χ4n) is 1.68. The van der Waals surface area contributed by atoms with Crippen LogP contribution in [0, 0.1) is 0 Å². The largest absolute Gasteiger partial charge is 0.508 e. The summed E-state index contributed by atoms with van der Waals surface area (Å²) in [5, 5.41) is 13.8. The maximum absolute atomic E-state index is 11.2. The molecule has 88 valence electrons. The van der Waals surface area contributed by atoms with Crippen molar-refractivity contribution in [3.8, 4) is 5.75 Å².